The average Bonchev–Trinajstić information content (AvgIpc) is 2.88. The largest absolute Gasteiger partial charge is 0.416 e. The highest BCUT2D eigenvalue weighted by Gasteiger charge is 2.30. The van der Waals surface area contributed by atoms with Crippen LogP contribution in [0.4, 0.5) is 13.2 Å². The molecule has 19 heavy (non-hydrogen) atoms. The first-order valence-corrected chi connectivity index (χ1v) is 6.25. The van der Waals surface area contributed by atoms with Gasteiger partial charge in [-0.2, -0.15) is 13.2 Å². The van der Waals surface area contributed by atoms with Gasteiger partial charge in [0.2, 0.25) is 0 Å². The van der Waals surface area contributed by atoms with Crippen LogP contribution in [0.25, 0.3) is 0 Å². The number of rotatable bonds is 2. The number of carbonyl (C=O) groups excluding carboxylic acids is 1. The summed E-state index contributed by atoms with van der Waals surface area (Å²) in [7, 11) is 0. The van der Waals surface area contributed by atoms with Gasteiger partial charge >= 0.3 is 12.1 Å². The van der Waals surface area contributed by atoms with E-state index in [-0.39, 0.29) is 5.56 Å². The minimum absolute atomic E-state index is 0.0204. The Morgan fingerprint density at radius 2 is 1.95 bits per heavy atom. The number of allylic oxidation sites excluding steroid dienone is 1. The molecule has 0 fully saturated rings. The summed E-state index contributed by atoms with van der Waals surface area (Å²) in [6, 6.07) is 3.78. The number of carbonyl (C=O) groups is 1. The molecule has 7 heteroatoms. The molecular weight excluding hydrogens is 279 g/mol. The molecule has 0 N–H and O–H groups in total. The first kappa shape index (κ1) is 13.7. The fourth-order valence-corrected chi connectivity index (χ4v) is 1.98. The molecule has 1 aliphatic heterocycles. The molecule has 0 bridgehead atoms. The Balaban J connectivity index is 2.03. The van der Waals surface area contributed by atoms with Gasteiger partial charge in [0.05, 0.1) is 16.8 Å². The third-order valence-corrected chi connectivity index (χ3v) is 3.07. The van der Waals surface area contributed by atoms with Crippen LogP contribution in [-0.4, -0.2) is 17.4 Å². The van der Waals surface area contributed by atoms with E-state index >= 15 is 0 Å². The van der Waals surface area contributed by atoms with E-state index in [1.165, 1.54) is 11.8 Å². The summed E-state index contributed by atoms with van der Waals surface area (Å²) < 4.78 is 37.0. The van der Waals surface area contributed by atoms with Gasteiger partial charge < -0.3 is 4.84 Å². The molecule has 1 aliphatic rings. The minimum Gasteiger partial charge on any atom is -0.313 e. The molecule has 0 aromatic heterocycles. The standard InChI is InChI=1S/C12H8F3NO2S/c13-12(14,15)9-3-1-8(2-4-9)11(17)18-16-10-5-6-19-7-10/h1-6H,7H2. The Bertz CT molecular complexity index is 535. The van der Waals surface area contributed by atoms with E-state index in [2.05, 4.69) is 9.99 Å². The Morgan fingerprint density at radius 3 is 2.47 bits per heavy atom. The maximum atomic E-state index is 12.3. The van der Waals surface area contributed by atoms with Crippen molar-refractivity contribution in [3.63, 3.8) is 0 Å². The van der Waals surface area contributed by atoms with Crippen molar-refractivity contribution >= 4 is 23.4 Å². The van der Waals surface area contributed by atoms with Crippen LogP contribution < -0.4 is 0 Å². The molecule has 100 valence electrons. The van der Waals surface area contributed by atoms with Crippen molar-refractivity contribution < 1.29 is 22.8 Å². The Morgan fingerprint density at radius 1 is 1.26 bits per heavy atom. The summed E-state index contributed by atoms with van der Waals surface area (Å²) in [6.07, 6.45) is -2.72. The van der Waals surface area contributed by atoms with Crippen LogP contribution in [0.5, 0.6) is 0 Å². The van der Waals surface area contributed by atoms with Crippen molar-refractivity contribution in [2.75, 3.05) is 5.75 Å². The predicted molar refractivity (Wildman–Crippen MR) is 65.9 cm³/mol. The summed E-state index contributed by atoms with van der Waals surface area (Å²) in [6.45, 7) is 0. The minimum atomic E-state index is -4.42. The summed E-state index contributed by atoms with van der Waals surface area (Å²) in [5.41, 5.74) is -0.192. The molecule has 2 rings (SSSR count). The number of thioether (sulfide) groups is 1. The first-order valence-electron chi connectivity index (χ1n) is 5.20. The van der Waals surface area contributed by atoms with Crippen LogP contribution in [-0.2, 0) is 11.0 Å². The van der Waals surface area contributed by atoms with Crippen molar-refractivity contribution in [1.82, 2.24) is 0 Å². The van der Waals surface area contributed by atoms with Gasteiger partial charge in [-0.3, -0.25) is 0 Å². The van der Waals surface area contributed by atoms with E-state index in [1.54, 1.807) is 6.08 Å². The van der Waals surface area contributed by atoms with Gasteiger partial charge in [-0.25, -0.2) is 4.79 Å². The van der Waals surface area contributed by atoms with Gasteiger partial charge in [-0.05, 0) is 35.7 Å². The Kier molecular flexibility index (Phi) is 3.94. The molecule has 0 saturated carbocycles. The smallest absolute Gasteiger partial charge is 0.313 e. The number of oxime groups is 1. The van der Waals surface area contributed by atoms with Gasteiger partial charge in [0, 0.05) is 5.75 Å². The van der Waals surface area contributed by atoms with E-state index in [0.717, 1.165) is 24.3 Å². The van der Waals surface area contributed by atoms with Gasteiger partial charge in [0.25, 0.3) is 0 Å². The molecular formula is C12H8F3NO2S. The highest BCUT2D eigenvalue weighted by molar-refractivity contribution is 8.03. The number of hydrogen-bond donors (Lipinski definition) is 0. The third kappa shape index (κ3) is 3.60. The highest BCUT2D eigenvalue weighted by Crippen LogP contribution is 2.29. The SMILES string of the molecule is O=C(ON=C1C=CSC1)c1ccc(C(F)(F)F)cc1. The maximum Gasteiger partial charge on any atom is 0.416 e. The molecule has 1 aromatic carbocycles. The summed E-state index contributed by atoms with van der Waals surface area (Å²) in [5.74, 6) is -0.174. The summed E-state index contributed by atoms with van der Waals surface area (Å²) >= 11 is 1.51. The predicted octanol–water partition coefficient (Wildman–Crippen LogP) is 3.48. The maximum absolute atomic E-state index is 12.3. The van der Waals surface area contributed by atoms with Gasteiger partial charge in [-0.15, -0.1) is 11.8 Å². The van der Waals surface area contributed by atoms with Crippen molar-refractivity contribution in [3.05, 3.63) is 46.9 Å². The highest BCUT2D eigenvalue weighted by atomic mass is 32.2. The van der Waals surface area contributed by atoms with Crippen LogP contribution in [0.15, 0.2) is 40.9 Å². The first-order chi connectivity index (χ1) is 8.97. The number of alkyl halides is 3. The van der Waals surface area contributed by atoms with Gasteiger partial charge in [0.15, 0.2) is 0 Å². The molecule has 0 spiro atoms. The number of benzene rings is 1. The molecule has 0 radical (unpaired) electrons. The van der Waals surface area contributed by atoms with Crippen molar-refractivity contribution in [2.24, 2.45) is 5.16 Å². The van der Waals surface area contributed by atoms with E-state index in [1.807, 2.05) is 5.41 Å². The number of hydrogen-bond acceptors (Lipinski definition) is 4. The van der Waals surface area contributed by atoms with Crippen molar-refractivity contribution in [1.29, 1.82) is 0 Å². The molecule has 0 aliphatic carbocycles. The Labute approximate surface area is 111 Å². The van der Waals surface area contributed by atoms with Crippen LogP contribution in [0.1, 0.15) is 15.9 Å². The molecule has 0 amide bonds. The van der Waals surface area contributed by atoms with E-state index in [9.17, 15) is 18.0 Å². The summed E-state index contributed by atoms with van der Waals surface area (Å²) in [4.78, 5) is 16.2. The number of nitrogens with zero attached hydrogens (tertiary/aromatic N) is 1. The average molecular weight is 287 g/mol. The second-order valence-electron chi connectivity index (χ2n) is 3.65. The summed E-state index contributed by atoms with van der Waals surface area (Å²) in [5, 5.41) is 5.42. The van der Waals surface area contributed by atoms with E-state index in [4.69, 9.17) is 0 Å². The van der Waals surface area contributed by atoms with Crippen LogP contribution in [0, 0.1) is 0 Å². The molecule has 1 aromatic rings. The monoisotopic (exact) mass is 287 g/mol. The second kappa shape index (κ2) is 5.48. The molecule has 3 nitrogen and oxygen atoms in total. The fourth-order valence-electron chi connectivity index (χ4n) is 1.31. The molecule has 0 unspecified atom stereocenters. The van der Waals surface area contributed by atoms with Crippen LogP contribution in [0.3, 0.4) is 0 Å². The quantitative estimate of drug-likeness (QED) is 0.617. The lowest BCUT2D eigenvalue weighted by molar-refractivity contribution is -0.137. The van der Waals surface area contributed by atoms with E-state index in [0.29, 0.717) is 11.5 Å². The van der Waals surface area contributed by atoms with Gasteiger partial charge in [0.1, 0.15) is 0 Å². The fraction of sp³-hybridized carbons (Fsp3) is 0.167. The lowest BCUT2D eigenvalue weighted by atomic mass is 10.1. The third-order valence-electron chi connectivity index (χ3n) is 2.28. The lowest BCUT2D eigenvalue weighted by Crippen LogP contribution is -2.07. The van der Waals surface area contributed by atoms with Crippen molar-refractivity contribution in [2.45, 2.75) is 6.18 Å². The van der Waals surface area contributed by atoms with Crippen molar-refractivity contribution in [3.8, 4) is 0 Å². The normalized spacial score (nSPS) is 16.9. The van der Waals surface area contributed by atoms with E-state index < -0.39 is 17.7 Å². The molecule has 0 atom stereocenters. The van der Waals surface area contributed by atoms with Crippen LogP contribution in [0.2, 0.25) is 0 Å². The van der Waals surface area contributed by atoms with Gasteiger partial charge in [-0.1, -0.05) is 5.16 Å². The van der Waals surface area contributed by atoms with Crippen LogP contribution >= 0.6 is 11.8 Å². The zero-order valence-electron chi connectivity index (χ0n) is 9.48. The topological polar surface area (TPSA) is 38.7 Å². The second-order valence-corrected chi connectivity index (χ2v) is 4.54. The zero-order chi connectivity index (χ0) is 13.9. The molecule has 0 saturated heterocycles. The number of halogens is 3. The Hall–Kier alpha value is -1.76. The lowest BCUT2D eigenvalue weighted by Gasteiger charge is -2.06. The zero-order valence-corrected chi connectivity index (χ0v) is 10.3. The molecule has 1 heterocycles.